The molecule has 0 aliphatic carbocycles. The highest BCUT2D eigenvalue weighted by atomic mass is 32.1. The number of carbonyl (C=O) groups is 1. The zero-order valence-electron chi connectivity index (χ0n) is 9.96. The number of carbonyl (C=O) groups excluding carboxylic acids is 1. The van der Waals surface area contributed by atoms with Crippen molar-refractivity contribution in [3.05, 3.63) is 60.2 Å². The second-order valence-corrected chi connectivity index (χ2v) is 4.23. The first-order valence-electron chi connectivity index (χ1n) is 5.61. The molecule has 5 heteroatoms. The van der Waals surface area contributed by atoms with Crippen LogP contribution in [-0.2, 0) is 0 Å². The van der Waals surface area contributed by atoms with Crippen LogP contribution in [0.2, 0.25) is 0 Å². The molecule has 0 fully saturated rings. The maximum absolute atomic E-state index is 11.8. The molecule has 0 spiro atoms. The second-order valence-electron chi connectivity index (χ2n) is 3.82. The lowest BCUT2D eigenvalue weighted by atomic mass is 10.2. The predicted molar refractivity (Wildman–Crippen MR) is 78.2 cm³/mol. The predicted octanol–water partition coefficient (Wildman–Crippen LogP) is 2.52. The lowest BCUT2D eigenvalue weighted by molar-refractivity contribution is 0.0978. The minimum atomic E-state index is -0.279. The maximum atomic E-state index is 11.8. The Balaban J connectivity index is 1.97. The molecule has 1 amide bonds. The maximum Gasteiger partial charge on any atom is 0.257 e. The zero-order valence-corrected chi connectivity index (χ0v) is 10.8. The Morgan fingerprint density at radius 3 is 2.47 bits per heavy atom. The van der Waals surface area contributed by atoms with Crippen LogP contribution >= 0.6 is 12.2 Å². The molecule has 0 aliphatic heterocycles. The number of benzene rings is 2. The lowest BCUT2D eigenvalue weighted by Crippen LogP contribution is -2.34. The molecule has 2 aromatic carbocycles. The van der Waals surface area contributed by atoms with Gasteiger partial charge in [0.1, 0.15) is 5.75 Å². The first-order valence-corrected chi connectivity index (χ1v) is 6.02. The minimum Gasteiger partial charge on any atom is -0.508 e. The van der Waals surface area contributed by atoms with E-state index < -0.39 is 0 Å². The van der Waals surface area contributed by atoms with E-state index in [1.54, 1.807) is 42.5 Å². The van der Waals surface area contributed by atoms with E-state index in [0.717, 1.165) is 0 Å². The SMILES string of the molecule is O=C(NC(=S)Nc1cccc(O)c1)c1ccccc1. The van der Waals surface area contributed by atoms with Crippen molar-refractivity contribution in [3.8, 4) is 5.75 Å². The van der Waals surface area contributed by atoms with Crippen LogP contribution in [0.15, 0.2) is 54.6 Å². The van der Waals surface area contributed by atoms with E-state index >= 15 is 0 Å². The third-order valence-corrected chi connectivity index (χ3v) is 2.57. The van der Waals surface area contributed by atoms with E-state index in [9.17, 15) is 9.90 Å². The summed E-state index contributed by atoms with van der Waals surface area (Å²) in [6.45, 7) is 0. The fraction of sp³-hybridized carbons (Fsp3) is 0. The smallest absolute Gasteiger partial charge is 0.257 e. The molecular weight excluding hydrogens is 260 g/mol. The average Bonchev–Trinajstić information content (AvgIpc) is 2.39. The van der Waals surface area contributed by atoms with Gasteiger partial charge in [-0.25, -0.2) is 0 Å². The molecule has 0 radical (unpaired) electrons. The average molecular weight is 272 g/mol. The highest BCUT2D eigenvalue weighted by molar-refractivity contribution is 7.80. The molecule has 0 atom stereocenters. The van der Waals surface area contributed by atoms with Crippen LogP contribution in [0.3, 0.4) is 0 Å². The Labute approximate surface area is 116 Å². The number of nitrogens with one attached hydrogen (secondary N) is 2. The van der Waals surface area contributed by atoms with Crippen LogP contribution in [0.4, 0.5) is 5.69 Å². The van der Waals surface area contributed by atoms with Gasteiger partial charge < -0.3 is 10.4 Å². The molecule has 0 saturated carbocycles. The standard InChI is InChI=1S/C14H12N2O2S/c17-12-8-4-7-11(9-12)15-14(19)16-13(18)10-5-2-1-3-6-10/h1-9,17H,(H2,15,16,18,19). The molecule has 0 aliphatic rings. The minimum absolute atomic E-state index is 0.127. The van der Waals surface area contributed by atoms with Crippen LogP contribution in [0.25, 0.3) is 0 Å². The van der Waals surface area contributed by atoms with Gasteiger partial charge in [-0.05, 0) is 36.5 Å². The molecule has 0 unspecified atom stereocenters. The van der Waals surface area contributed by atoms with Gasteiger partial charge in [0.25, 0.3) is 5.91 Å². The largest absolute Gasteiger partial charge is 0.508 e. The highest BCUT2D eigenvalue weighted by Gasteiger charge is 2.07. The number of hydrogen-bond acceptors (Lipinski definition) is 3. The molecule has 2 rings (SSSR count). The van der Waals surface area contributed by atoms with Crippen molar-refractivity contribution in [1.82, 2.24) is 5.32 Å². The zero-order chi connectivity index (χ0) is 13.7. The molecule has 96 valence electrons. The van der Waals surface area contributed by atoms with E-state index in [1.807, 2.05) is 6.07 Å². The summed E-state index contributed by atoms with van der Waals surface area (Å²) in [4.78, 5) is 11.8. The van der Waals surface area contributed by atoms with Crippen molar-refractivity contribution in [3.63, 3.8) is 0 Å². The number of amides is 1. The number of aromatic hydroxyl groups is 1. The first kappa shape index (κ1) is 13.0. The normalized spacial score (nSPS) is 9.68. The van der Waals surface area contributed by atoms with E-state index in [1.165, 1.54) is 6.07 Å². The van der Waals surface area contributed by atoms with Crippen LogP contribution < -0.4 is 10.6 Å². The van der Waals surface area contributed by atoms with Gasteiger partial charge in [0.2, 0.25) is 0 Å². The van der Waals surface area contributed by atoms with Gasteiger partial charge in [0.15, 0.2) is 5.11 Å². The van der Waals surface area contributed by atoms with Crippen molar-refractivity contribution in [2.24, 2.45) is 0 Å². The van der Waals surface area contributed by atoms with E-state index in [-0.39, 0.29) is 16.8 Å². The van der Waals surface area contributed by atoms with Crippen LogP contribution in [-0.4, -0.2) is 16.1 Å². The van der Waals surface area contributed by atoms with Crippen molar-refractivity contribution >= 4 is 28.9 Å². The Morgan fingerprint density at radius 1 is 1.05 bits per heavy atom. The van der Waals surface area contributed by atoms with Gasteiger partial charge in [0.05, 0.1) is 0 Å². The summed E-state index contributed by atoms with van der Waals surface area (Å²) in [6, 6.07) is 15.3. The number of thiocarbonyl (C=S) groups is 1. The van der Waals surface area contributed by atoms with E-state index in [2.05, 4.69) is 10.6 Å². The van der Waals surface area contributed by atoms with Crippen molar-refractivity contribution in [2.75, 3.05) is 5.32 Å². The third-order valence-electron chi connectivity index (χ3n) is 2.37. The third kappa shape index (κ3) is 3.79. The summed E-state index contributed by atoms with van der Waals surface area (Å²) in [5, 5.41) is 14.9. The van der Waals surface area contributed by atoms with Crippen LogP contribution in [0.1, 0.15) is 10.4 Å². The quantitative estimate of drug-likeness (QED) is 0.735. The number of hydrogen-bond donors (Lipinski definition) is 3. The van der Waals surface area contributed by atoms with Gasteiger partial charge in [0, 0.05) is 17.3 Å². The van der Waals surface area contributed by atoms with Gasteiger partial charge >= 0.3 is 0 Å². The first-order chi connectivity index (χ1) is 9.15. The molecule has 0 bridgehead atoms. The number of rotatable bonds is 2. The fourth-order valence-corrected chi connectivity index (χ4v) is 1.72. The second kappa shape index (κ2) is 5.97. The summed E-state index contributed by atoms with van der Waals surface area (Å²) in [7, 11) is 0. The Morgan fingerprint density at radius 2 is 1.79 bits per heavy atom. The molecule has 19 heavy (non-hydrogen) atoms. The molecule has 3 N–H and O–H groups in total. The topological polar surface area (TPSA) is 61.4 Å². The highest BCUT2D eigenvalue weighted by Crippen LogP contribution is 2.15. The van der Waals surface area contributed by atoms with Gasteiger partial charge in [-0.2, -0.15) is 0 Å². The summed E-state index contributed by atoms with van der Waals surface area (Å²) in [5.74, 6) is -0.152. The molecule has 0 saturated heterocycles. The van der Waals surface area contributed by atoms with Crippen LogP contribution in [0.5, 0.6) is 5.75 Å². The fourth-order valence-electron chi connectivity index (χ4n) is 1.51. The van der Waals surface area contributed by atoms with Crippen molar-refractivity contribution in [2.45, 2.75) is 0 Å². The molecule has 2 aromatic rings. The van der Waals surface area contributed by atoms with Gasteiger partial charge in [-0.1, -0.05) is 24.3 Å². The number of anilines is 1. The van der Waals surface area contributed by atoms with Gasteiger partial charge in [-0.3, -0.25) is 10.1 Å². The summed E-state index contributed by atoms with van der Waals surface area (Å²) < 4.78 is 0. The van der Waals surface area contributed by atoms with Crippen molar-refractivity contribution < 1.29 is 9.90 Å². The lowest BCUT2D eigenvalue weighted by Gasteiger charge is -2.09. The summed E-state index contributed by atoms with van der Waals surface area (Å²) in [5.41, 5.74) is 1.14. The van der Waals surface area contributed by atoms with Crippen LogP contribution in [0, 0.1) is 0 Å². The summed E-state index contributed by atoms with van der Waals surface area (Å²) >= 11 is 5.03. The molecular formula is C14H12N2O2S. The van der Waals surface area contributed by atoms with Gasteiger partial charge in [-0.15, -0.1) is 0 Å². The van der Waals surface area contributed by atoms with Crippen molar-refractivity contribution in [1.29, 1.82) is 0 Å². The van der Waals surface area contributed by atoms with E-state index in [4.69, 9.17) is 12.2 Å². The molecule has 4 nitrogen and oxygen atoms in total. The Kier molecular flexibility index (Phi) is 4.10. The number of phenolic OH excluding ortho intramolecular Hbond substituents is 1. The monoisotopic (exact) mass is 272 g/mol. The molecule has 0 aromatic heterocycles. The Hall–Kier alpha value is -2.40. The molecule has 0 heterocycles. The van der Waals surface area contributed by atoms with E-state index in [0.29, 0.717) is 11.3 Å². The Bertz CT molecular complexity index is 599. The number of phenols is 1. The summed E-state index contributed by atoms with van der Waals surface area (Å²) in [6.07, 6.45) is 0.